The maximum absolute atomic E-state index is 14.3. The van der Waals surface area contributed by atoms with Crippen molar-refractivity contribution in [2.24, 2.45) is 17.6 Å². The first-order chi connectivity index (χ1) is 24.2. The molecule has 4 atom stereocenters. The van der Waals surface area contributed by atoms with Crippen molar-refractivity contribution in [3.63, 3.8) is 0 Å². The summed E-state index contributed by atoms with van der Waals surface area (Å²) in [5, 5.41) is 46.9. The lowest BCUT2D eigenvalue weighted by Crippen LogP contribution is -2.65. The zero-order valence-electron chi connectivity index (χ0n) is 28.9. The Morgan fingerprint density at radius 3 is 2.12 bits per heavy atom. The maximum atomic E-state index is 14.3. The van der Waals surface area contributed by atoms with Gasteiger partial charge >= 0.3 is 0 Å². The number of likely N-dealkylation sites (N-methyl/N-ethyl adjacent to an activating group) is 1. The lowest BCUT2D eigenvalue weighted by molar-refractivity contribution is -0.153. The van der Waals surface area contributed by atoms with Gasteiger partial charge in [0.05, 0.1) is 24.1 Å². The highest BCUT2D eigenvalue weighted by Gasteiger charge is 2.64. The fourth-order valence-electron chi connectivity index (χ4n) is 7.72. The van der Waals surface area contributed by atoms with Crippen molar-refractivity contribution in [2.45, 2.75) is 31.0 Å². The number of rotatable bonds is 11. The van der Waals surface area contributed by atoms with Crippen molar-refractivity contribution in [3.05, 3.63) is 100 Å². The highest BCUT2D eigenvalue weighted by molar-refractivity contribution is 6.24. The summed E-state index contributed by atoms with van der Waals surface area (Å²) in [5.41, 5.74) is 3.51. The van der Waals surface area contributed by atoms with Crippen molar-refractivity contribution in [1.82, 2.24) is 9.80 Å². The van der Waals surface area contributed by atoms with E-state index < -0.39 is 58.0 Å². The Morgan fingerprint density at radius 1 is 1.00 bits per heavy atom. The number of aromatic hydroxyl groups is 1. The van der Waals surface area contributed by atoms with Crippen LogP contribution in [0.2, 0.25) is 0 Å². The number of phenolic OH excluding ortho intramolecular Hbond substituents is 1. The quantitative estimate of drug-likeness (QED) is 0.184. The van der Waals surface area contributed by atoms with Gasteiger partial charge in [-0.25, -0.2) is 0 Å². The highest BCUT2D eigenvalue weighted by atomic mass is 16.4. The zero-order valence-corrected chi connectivity index (χ0v) is 28.9. The normalized spacial score (nSPS) is 23.5. The highest BCUT2D eigenvalue weighted by Crippen LogP contribution is 2.54. The molecule has 0 spiro atoms. The number of furan rings is 2. The molecule has 2 heterocycles. The van der Waals surface area contributed by atoms with Gasteiger partial charge in [0.25, 0.3) is 5.91 Å². The van der Waals surface area contributed by atoms with Gasteiger partial charge in [-0.1, -0.05) is 12.2 Å². The van der Waals surface area contributed by atoms with Crippen LogP contribution in [0, 0.1) is 11.8 Å². The number of nitrogens with two attached hydrogens (primary N) is 1. The Labute approximate surface area is 294 Å². The second kappa shape index (κ2) is 13.7. The third-order valence-corrected chi connectivity index (χ3v) is 10.0. The molecule has 3 aliphatic carbocycles. The van der Waals surface area contributed by atoms with E-state index in [1.165, 1.54) is 4.90 Å². The third kappa shape index (κ3) is 6.17. The number of amides is 1. The van der Waals surface area contributed by atoms with E-state index in [4.69, 9.17) is 14.6 Å². The number of nitrogens with zero attached hydrogens (tertiary/aromatic N) is 3. The summed E-state index contributed by atoms with van der Waals surface area (Å²) in [6, 6.07) is 7.96. The first-order valence-electron chi connectivity index (χ1n) is 16.6. The Morgan fingerprint density at radius 2 is 1.61 bits per heavy atom. The number of anilines is 1. The predicted molar refractivity (Wildman–Crippen MR) is 189 cm³/mol. The van der Waals surface area contributed by atoms with Crippen LogP contribution in [0.15, 0.2) is 80.7 Å². The summed E-state index contributed by atoms with van der Waals surface area (Å²) < 4.78 is 10.8. The summed E-state index contributed by atoms with van der Waals surface area (Å²) in [6.07, 6.45) is 10.9. The number of benzene rings is 1. The standard InChI is InChI=1S/C38H42N4O9/c1-40(2)27-19-22(20-42(13-5-9-23-11-7-15-50-23)14-6-10-24-12-8-16-51-24)32(43)29-25(27)17-21-18-26-31(41(3)4)34(45)30(37(39)48)36(47)38(26,49)35(46)28(21)33(29)44/h5-12,15-16,19,21,26,31,43-44,47,49H,13-14,17-18,20H2,1-4H3,(H2,39,48)/b9-5+,10-6+/t21-,26-,31+,38-/m0/s1. The Kier molecular flexibility index (Phi) is 9.55. The monoisotopic (exact) mass is 698 g/mol. The van der Waals surface area contributed by atoms with E-state index in [0.717, 1.165) is 0 Å². The minimum Gasteiger partial charge on any atom is -0.508 e. The van der Waals surface area contributed by atoms with Gasteiger partial charge in [-0.2, -0.15) is 0 Å². The van der Waals surface area contributed by atoms with Crippen molar-refractivity contribution >= 4 is 41.1 Å². The van der Waals surface area contributed by atoms with Crippen LogP contribution in [-0.4, -0.2) is 101 Å². The molecule has 3 aromatic rings. The van der Waals surface area contributed by atoms with Crippen LogP contribution >= 0.6 is 0 Å². The maximum Gasteiger partial charge on any atom is 0.255 e. The molecule has 3 aliphatic rings. The van der Waals surface area contributed by atoms with Crippen molar-refractivity contribution in [3.8, 4) is 5.75 Å². The molecule has 0 aliphatic heterocycles. The molecule has 6 rings (SSSR count). The van der Waals surface area contributed by atoms with Gasteiger partial charge in [0.2, 0.25) is 5.78 Å². The fraction of sp³-hybridized carbons (Fsp3) is 0.342. The molecule has 0 radical (unpaired) electrons. The number of fused-ring (bicyclic) bond motifs is 3. The molecule has 268 valence electrons. The van der Waals surface area contributed by atoms with Crippen LogP contribution in [0.25, 0.3) is 17.9 Å². The summed E-state index contributed by atoms with van der Waals surface area (Å²) in [7, 11) is 6.81. The molecular weight excluding hydrogens is 656 g/mol. The van der Waals surface area contributed by atoms with Crippen LogP contribution < -0.4 is 10.6 Å². The van der Waals surface area contributed by atoms with Crippen molar-refractivity contribution in [1.29, 1.82) is 0 Å². The number of aliphatic hydroxyl groups excluding tert-OH is 2. The average molecular weight is 699 g/mol. The Balaban J connectivity index is 1.42. The summed E-state index contributed by atoms with van der Waals surface area (Å²) in [5.74, 6) is -5.47. The molecule has 1 fully saturated rings. The van der Waals surface area contributed by atoms with Gasteiger partial charge in [0, 0.05) is 56.5 Å². The number of hydrogen-bond donors (Lipinski definition) is 5. The van der Waals surface area contributed by atoms with Crippen LogP contribution in [0.1, 0.15) is 34.6 Å². The SMILES string of the molecule is CN(C)c1cc(CN(C/C=C/c2ccco2)C/C=C/c2ccco2)c(O)c2c1C[C@H]1C[C@H]3[C@@H](N(C)C)C(=O)C(C(N)=O)=C(O)[C@@]3(O)C(=O)C1=C2O. The second-order valence-electron chi connectivity index (χ2n) is 13.6. The molecule has 2 aromatic heterocycles. The van der Waals surface area contributed by atoms with E-state index >= 15 is 0 Å². The Bertz CT molecular complexity index is 1920. The first kappa shape index (κ1) is 35.5. The molecule has 0 saturated heterocycles. The van der Waals surface area contributed by atoms with E-state index in [2.05, 4.69) is 0 Å². The number of primary amides is 1. The Hall–Kier alpha value is -5.37. The van der Waals surface area contributed by atoms with Crippen LogP contribution in [0.3, 0.4) is 0 Å². The topological polar surface area (TPSA) is 194 Å². The molecule has 0 bridgehead atoms. The van der Waals surface area contributed by atoms with E-state index in [-0.39, 0.29) is 36.3 Å². The largest absolute Gasteiger partial charge is 0.508 e. The molecule has 1 amide bonds. The number of carbonyl (C=O) groups is 3. The summed E-state index contributed by atoms with van der Waals surface area (Å²) in [4.78, 5) is 45.5. The van der Waals surface area contributed by atoms with Gasteiger partial charge in [-0.05, 0) is 80.9 Å². The molecule has 1 saturated carbocycles. The van der Waals surface area contributed by atoms with E-state index in [0.29, 0.717) is 41.4 Å². The van der Waals surface area contributed by atoms with Crippen molar-refractivity contribution in [2.75, 3.05) is 46.2 Å². The molecular formula is C38H42N4O9. The third-order valence-electron chi connectivity index (χ3n) is 10.0. The predicted octanol–water partition coefficient (Wildman–Crippen LogP) is 3.44. The lowest BCUT2D eigenvalue weighted by Gasteiger charge is -2.50. The van der Waals surface area contributed by atoms with E-state index in [1.54, 1.807) is 38.8 Å². The summed E-state index contributed by atoms with van der Waals surface area (Å²) in [6.45, 7) is 1.15. The average Bonchev–Trinajstić information content (AvgIpc) is 3.78. The van der Waals surface area contributed by atoms with Crippen molar-refractivity contribution < 1.29 is 43.6 Å². The fourth-order valence-corrected chi connectivity index (χ4v) is 7.72. The number of phenols is 1. The second-order valence-corrected chi connectivity index (χ2v) is 13.6. The van der Waals surface area contributed by atoms with Gasteiger partial charge < -0.3 is 39.9 Å². The van der Waals surface area contributed by atoms with Gasteiger partial charge in [-0.15, -0.1) is 0 Å². The molecule has 0 unspecified atom stereocenters. The van der Waals surface area contributed by atoms with Crippen LogP contribution in [0.4, 0.5) is 5.69 Å². The molecule has 51 heavy (non-hydrogen) atoms. The molecule has 13 nitrogen and oxygen atoms in total. The number of ketones is 2. The first-order valence-corrected chi connectivity index (χ1v) is 16.6. The molecule has 13 heteroatoms. The van der Waals surface area contributed by atoms with Crippen LogP contribution in [0.5, 0.6) is 5.75 Å². The van der Waals surface area contributed by atoms with Gasteiger partial charge in [0.15, 0.2) is 11.4 Å². The minimum atomic E-state index is -2.71. The number of aliphatic hydroxyl groups is 3. The number of carbonyl (C=O) groups excluding carboxylic acids is 3. The lowest BCUT2D eigenvalue weighted by atomic mass is 9.57. The van der Waals surface area contributed by atoms with Crippen LogP contribution in [-0.2, 0) is 27.3 Å². The number of Topliss-reactive ketones (excluding diaryl/α,β-unsaturated/α-hetero) is 2. The number of hydrogen-bond acceptors (Lipinski definition) is 12. The summed E-state index contributed by atoms with van der Waals surface area (Å²) >= 11 is 0. The van der Waals surface area contributed by atoms with Gasteiger partial charge in [-0.3, -0.25) is 24.2 Å². The smallest absolute Gasteiger partial charge is 0.255 e. The van der Waals surface area contributed by atoms with E-state index in [1.807, 2.05) is 66.4 Å². The molecule has 6 N–H and O–H groups in total. The molecule has 1 aromatic carbocycles. The van der Waals surface area contributed by atoms with E-state index in [9.17, 15) is 34.8 Å². The zero-order chi connectivity index (χ0) is 36.8. The van der Waals surface area contributed by atoms with Gasteiger partial charge in [0.1, 0.15) is 34.4 Å². The minimum absolute atomic E-state index is 0.0128.